The number of hydrogen-bond donors (Lipinski definition) is 1. The van der Waals surface area contributed by atoms with Crippen LogP contribution in [0.2, 0.25) is 0 Å². The molecule has 0 saturated heterocycles. The largest absolute Gasteiger partial charge is 0.458 e. The normalized spacial score (nSPS) is 11.1. The summed E-state index contributed by atoms with van der Waals surface area (Å²) in [7, 11) is 0. The molecular formula is C12H11N3O. The third-order valence-electron chi connectivity index (χ3n) is 2.51. The molecule has 0 atom stereocenters. The van der Waals surface area contributed by atoms with Crippen LogP contribution < -0.4 is 5.73 Å². The minimum atomic E-state index is 0.704. The first kappa shape index (κ1) is 9.03. The van der Waals surface area contributed by atoms with Crippen molar-refractivity contribution >= 4 is 11.2 Å². The van der Waals surface area contributed by atoms with E-state index in [0.717, 1.165) is 22.9 Å². The minimum Gasteiger partial charge on any atom is -0.458 e. The van der Waals surface area contributed by atoms with E-state index in [1.807, 2.05) is 41.8 Å². The van der Waals surface area contributed by atoms with Crippen LogP contribution in [0.1, 0.15) is 5.76 Å². The summed E-state index contributed by atoms with van der Waals surface area (Å²) in [5.74, 6) is 2.40. The molecule has 0 fully saturated rings. The van der Waals surface area contributed by atoms with E-state index in [1.54, 1.807) is 6.20 Å². The number of aromatic nitrogens is 2. The Morgan fingerprint density at radius 2 is 2.12 bits per heavy atom. The van der Waals surface area contributed by atoms with Gasteiger partial charge in [-0.25, -0.2) is 4.98 Å². The highest BCUT2D eigenvalue weighted by molar-refractivity contribution is 5.60. The van der Waals surface area contributed by atoms with Gasteiger partial charge in [-0.2, -0.15) is 0 Å². The number of furan rings is 1. The van der Waals surface area contributed by atoms with Crippen LogP contribution in [0.3, 0.4) is 0 Å². The van der Waals surface area contributed by atoms with Gasteiger partial charge in [0.15, 0.2) is 11.6 Å². The van der Waals surface area contributed by atoms with E-state index in [9.17, 15) is 0 Å². The smallest absolute Gasteiger partial charge is 0.180 e. The number of nitrogen functional groups attached to an aromatic ring is 1. The first-order chi connectivity index (χ1) is 7.74. The highest BCUT2D eigenvalue weighted by Gasteiger charge is 2.09. The van der Waals surface area contributed by atoms with Gasteiger partial charge in [-0.3, -0.25) is 4.40 Å². The molecule has 0 amide bonds. The fourth-order valence-corrected chi connectivity index (χ4v) is 1.74. The molecule has 3 heterocycles. The number of pyridine rings is 1. The van der Waals surface area contributed by atoms with E-state index in [1.165, 1.54) is 0 Å². The van der Waals surface area contributed by atoms with Crippen LogP contribution in [0.4, 0.5) is 5.69 Å². The van der Waals surface area contributed by atoms with Crippen molar-refractivity contribution in [2.24, 2.45) is 0 Å². The van der Waals surface area contributed by atoms with Gasteiger partial charge in [0.25, 0.3) is 0 Å². The van der Waals surface area contributed by atoms with Gasteiger partial charge in [0, 0.05) is 11.9 Å². The van der Waals surface area contributed by atoms with Crippen LogP contribution in [-0.4, -0.2) is 9.38 Å². The summed E-state index contributed by atoms with van der Waals surface area (Å²) >= 11 is 0. The Bertz CT molecular complexity index is 651. The van der Waals surface area contributed by atoms with Crippen LogP contribution in [0.15, 0.2) is 41.1 Å². The fourth-order valence-electron chi connectivity index (χ4n) is 1.74. The van der Waals surface area contributed by atoms with Crippen LogP contribution in [0.5, 0.6) is 0 Å². The molecule has 0 bridgehead atoms. The molecule has 0 aliphatic carbocycles. The average molecular weight is 213 g/mol. The van der Waals surface area contributed by atoms with Crippen LogP contribution >= 0.6 is 0 Å². The van der Waals surface area contributed by atoms with Crippen molar-refractivity contribution < 1.29 is 4.42 Å². The molecule has 3 aromatic heterocycles. The Kier molecular flexibility index (Phi) is 1.77. The maximum Gasteiger partial charge on any atom is 0.180 e. The Labute approximate surface area is 92.3 Å². The van der Waals surface area contributed by atoms with E-state index >= 15 is 0 Å². The van der Waals surface area contributed by atoms with Crippen molar-refractivity contribution in [1.82, 2.24) is 9.38 Å². The number of anilines is 1. The summed E-state index contributed by atoms with van der Waals surface area (Å²) in [5.41, 5.74) is 7.46. The Balaban J connectivity index is 2.27. The summed E-state index contributed by atoms with van der Waals surface area (Å²) < 4.78 is 7.48. The Hall–Kier alpha value is -2.23. The van der Waals surface area contributed by atoms with Crippen LogP contribution in [-0.2, 0) is 0 Å². The summed E-state index contributed by atoms with van der Waals surface area (Å²) in [5, 5.41) is 0. The molecule has 16 heavy (non-hydrogen) atoms. The molecule has 0 unspecified atom stereocenters. The van der Waals surface area contributed by atoms with Gasteiger partial charge in [-0.15, -0.1) is 0 Å². The van der Waals surface area contributed by atoms with Gasteiger partial charge < -0.3 is 10.2 Å². The molecule has 3 rings (SSSR count). The van der Waals surface area contributed by atoms with Crippen molar-refractivity contribution in [3.63, 3.8) is 0 Å². The predicted octanol–water partition coefficient (Wildman–Crippen LogP) is 2.48. The SMILES string of the molecule is Cc1ccc(-c2ncc3ccc(N)cn23)o1. The minimum absolute atomic E-state index is 0.704. The van der Waals surface area contributed by atoms with E-state index < -0.39 is 0 Å². The number of hydrogen-bond acceptors (Lipinski definition) is 3. The standard InChI is InChI=1S/C12H11N3O/c1-8-2-5-11(16-8)12-14-6-10-4-3-9(13)7-15(10)12/h2-7H,13H2,1H3. The second-order valence-corrected chi connectivity index (χ2v) is 3.75. The lowest BCUT2D eigenvalue weighted by Crippen LogP contribution is -1.91. The maximum atomic E-state index is 5.76. The van der Waals surface area contributed by atoms with E-state index in [0.29, 0.717) is 5.69 Å². The molecule has 0 saturated carbocycles. The molecule has 0 aliphatic heterocycles. The van der Waals surface area contributed by atoms with Crippen LogP contribution in [0, 0.1) is 6.92 Å². The highest BCUT2D eigenvalue weighted by Crippen LogP contribution is 2.22. The van der Waals surface area contributed by atoms with E-state index in [-0.39, 0.29) is 0 Å². The van der Waals surface area contributed by atoms with Crippen LogP contribution in [0.25, 0.3) is 17.1 Å². The number of nitrogens with two attached hydrogens (primary N) is 1. The Morgan fingerprint density at radius 1 is 1.25 bits per heavy atom. The zero-order valence-electron chi connectivity index (χ0n) is 8.84. The second kappa shape index (κ2) is 3.13. The molecule has 4 heteroatoms. The topological polar surface area (TPSA) is 56.5 Å². The van der Waals surface area contributed by atoms with E-state index in [4.69, 9.17) is 10.2 Å². The number of aryl methyl sites for hydroxylation is 1. The van der Waals surface area contributed by atoms with Crippen molar-refractivity contribution in [2.45, 2.75) is 6.92 Å². The van der Waals surface area contributed by atoms with Gasteiger partial charge in [0.1, 0.15) is 5.76 Å². The van der Waals surface area contributed by atoms with Crippen molar-refractivity contribution in [3.05, 3.63) is 42.4 Å². The van der Waals surface area contributed by atoms with Gasteiger partial charge >= 0.3 is 0 Å². The zero-order chi connectivity index (χ0) is 11.1. The Morgan fingerprint density at radius 3 is 2.88 bits per heavy atom. The summed E-state index contributed by atoms with van der Waals surface area (Å²) in [6.45, 7) is 1.91. The number of fused-ring (bicyclic) bond motifs is 1. The molecule has 0 radical (unpaired) electrons. The average Bonchev–Trinajstić information content (AvgIpc) is 2.83. The van der Waals surface area contributed by atoms with Crippen molar-refractivity contribution in [3.8, 4) is 11.6 Å². The van der Waals surface area contributed by atoms with Crippen molar-refractivity contribution in [2.75, 3.05) is 5.73 Å². The molecule has 3 aromatic rings. The summed E-state index contributed by atoms with van der Waals surface area (Å²) in [4.78, 5) is 4.33. The summed E-state index contributed by atoms with van der Waals surface area (Å²) in [6.07, 6.45) is 3.64. The zero-order valence-corrected chi connectivity index (χ0v) is 8.84. The molecular weight excluding hydrogens is 202 g/mol. The van der Waals surface area contributed by atoms with Crippen molar-refractivity contribution in [1.29, 1.82) is 0 Å². The molecule has 0 aliphatic rings. The fraction of sp³-hybridized carbons (Fsp3) is 0.0833. The number of nitrogens with zero attached hydrogens (tertiary/aromatic N) is 2. The molecule has 4 nitrogen and oxygen atoms in total. The first-order valence-corrected chi connectivity index (χ1v) is 5.03. The van der Waals surface area contributed by atoms with Gasteiger partial charge in [-0.1, -0.05) is 0 Å². The molecule has 2 N–H and O–H groups in total. The van der Waals surface area contributed by atoms with Gasteiger partial charge in [-0.05, 0) is 31.2 Å². The van der Waals surface area contributed by atoms with Gasteiger partial charge in [0.2, 0.25) is 0 Å². The predicted molar refractivity (Wildman–Crippen MR) is 62.0 cm³/mol. The summed E-state index contributed by atoms with van der Waals surface area (Å²) in [6, 6.07) is 7.62. The lowest BCUT2D eigenvalue weighted by Gasteiger charge is -1.99. The quantitative estimate of drug-likeness (QED) is 0.675. The monoisotopic (exact) mass is 213 g/mol. The molecule has 80 valence electrons. The second-order valence-electron chi connectivity index (χ2n) is 3.75. The third-order valence-corrected chi connectivity index (χ3v) is 2.51. The lowest BCUT2D eigenvalue weighted by atomic mass is 10.3. The lowest BCUT2D eigenvalue weighted by molar-refractivity contribution is 0.544. The first-order valence-electron chi connectivity index (χ1n) is 5.03. The maximum absolute atomic E-state index is 5.76. The number of rotatable bonds is 1. The number of imidazole rings is 1. The van der Waals surface area contributed by atoms with Gasteiger partial charge in [0.05, 0.1) is 11.7 Å². The van der Waals surface area contributed by atoms with E-state index in [2.05, 4.69) is 4.98 Å². The highest BCUT2D eigenvalue weighted by atomic mass is 16.3. The molecule has 0 spiro atoms. The third kappa shape index (κ3) is 1.27. The molecule has 0 aromatic carbocycles.